The average molecular weight is 919 g/mol. The quantitative estimate of drug-likeness (QED) is 0.161. The number of fused-ring (bicyclic) bond motifs is 10. The van der Waals surface area contributed by atoms with Crippen LogP contribution < -0.4 is 26.2 Å². The zero-order valence-corrected chi connectivity index (χ0v) is 41.3. The zero-order valence-electron chi connectivity index (χ0n) is 39.7. The predicted octanol–water partition coefficient (Wildman–Crippen LogP) is 16.7. The Bertz CT molecular complexity index is 3540. The van der Waals surface area contributed by atoms with Gasteiger partial charge >= 0.3 is 0 Å². The molecule has 11 aromatic rings. The molecule has 0 saturated carbocycles. The maximum atomic E-state index is 6.54. The highest BCUT2D eigenvalue weighted by molar-refractivity contribution is 7.29. The van der Waals surface area contributed by atoms with E-state index in [1.165, 1.54) is 74.6 Å². The van der Waals surface area contributed by atoms with E-state index in [0.717, 1.165) is 56.0 Å². The van der Waals surface area contributed by atoms with Crippen molar-refractivity contribution >= 4 is 121 Å². The Hall–Kier alpha value is -6.80. The molecule has 2 aliphatic heterocycles. The normalized spacial score (nSPS) is 13.6. The molecule has 68 heavy (non-hydrogen) atoms. The van der Waals surface area contributed by atoms with Crippen LogP contribution in [0.4, 0.5) is 32.8 Å². The first-order valence-corrected chi connectivity index (χ1v) is 25.5. The molecule has 0 N–H and O–H groups in total. The van der Waals surface area contributed by atoms with Crippen molar-refractivity contribution in [2.24, 2.45) is 0 Å². The van der Waals surface area contributed by atoms with Crippen LogP contribution >= 0.6 is 22.7 Å². The fraction of sp³-hybridized carbons (Fsp3) is 0.180. The number of benzene rings is 7. The van der Waals surface area contributed by atoms with Crippen molar-refractivity contribution < 1.29 is 8.83 Å². The Labute approximate surface area is 406 Å². The summed E-state index contributed by atoms with van der Waals surface area (Å²) < 4.78 is 15.7. The Kier molecular flexibility index (Phi) is 9.04. The number of rotatable bonds is 5. The second-order valence-corrected chi connectivity index (χ2v) is 23.3. The minimum Gasteiger partial charge on any atom is -0.456 e. The molecule has 7 aromatic carbocycles. The third kappa shape index (κ3) is 6.39. The van der Waals surface area contributed by atoms with E-state index in [-0.39, 0.29) is 23.5 Å². The topological polar surface area (TPSA) is 32.8 Å². The minimum atomic E-state index is -0.0243. The smallest absolute Gasteiger partial charge is 0.256 e. The van der Waals surface area contributed by atoms with Crippen LogP contribution in [0.5, 0.6) is 0 Å². The predicted molar refractivity (Wildman–Crippen MR) is 293 cm³/mol. The van der Waals surface area contributed by atoms with E-state index in [1.54, 1.807) is 0 Å². The van der Waals surface area contributed by atoms with Crippen LogP contribution in [-0.4, -0.2) is 6.71 Å². The highest BCUT2D eigenvalue weighted by Gasteiger charge is 2.47. The molecule has 0 radical (unpaired) electrons. The lowest BCUT2D eigenvalue weighted by atomic mass is 9.33. The summed E-state index contributed by atoms with van der Waals surface area (Å²) in [6.45, 7) is 18.6. The van der Waals surface area contributed by atoms with Crippen LogP contribution in [0.2, 0.25) is 0 Å². The molecule has 7 heteroatoms. The van der Waals surface area contributed by atoms with E-state index in [9.17, 15) is 0 Å². The summed E-state index contributed by atoms with van der Waals surface area (Å²) in [7, 11) is 0. The zero-order chi connectivity index (χ0) is 46.4. The van der Waals surface area contributed by atoms with Crippen LogP contribution in [0.1, 0.15) is 78.0 Å². The Morgan fingerprint density at radius 1 is 0.471 bits per heavy atom. The molecule has 2 aliphatic rings. The molecule has 0 aliphatic carbocycles. The number of thiophene rings is 2. The molecule has 0 spiro atoms. The third-order valence-electron chi connectivity index (χ3n) is 14.4. The standard InChI is InChI=1S/C61H51BN2O2S2/c1-35(2)40-29-47-57-48(30-40)64(44-20-14-18-37(28-44)52-32-39-16-10-12-22-50(39)66-52)59-56(46-34-42(61(6,7)8)24-26-54(46)68-59)62(57)55-45-33-41(60(3,4)5)23-25-53(45)67-58(55)63(47)43-19-13-17-36(27-43)51-31-38-15-9-11-21-49(38)65-51/h9-35H,1-8H3. The number of para-hydroxylation sites is 2. The first-order chi connectivity index (χ1) is 32.8. The van der Waals surface area contributed by atoms with E-state index in [1.807, 2.05) is 34.8 Å². The molecular formula is C61H51BN2O2S2. The first kappa shape index (κ1) is 41.4. The van der Waals surface area contributed by atoms with Gasteiger partial charge in [-0.15, -0.1) is 22.7 Å². The molecule has 0 atom stereocenters. The summed E-state index contributed by atoms with van der Waals surface area (Å²) in [5.41, 5.74) is 16.6. The van der Waals surface area contributed by atoms with Crippen LogP contribution in [0.3, 0.4) is 0 Å². The molecule has 332 valence electrons. The largest absolute Gasteiger partial charge is 0.456 e. The van der Waals surface area contributed by atoms with E-state index in [2.05, 4.69) is 211 Å². The summed E-state index contributed by atoms with van der Waals surface area (Å²) in [5, 5.41) is 7.43. The molecule has 0 fully saturated rings. The van der Waals surface area contributed by atoms with Gasteiger partial charge in [-0.2, -0.15) is 0 Å². The van der Waals surface area contributed by atoms with E-state index in [0.29, 0.717) is 0 Å². The molecule has 0 amide bonds. The van der Waals surface area contributed by atoms with Gasteiger partial charge in [0.1, 0.15) is 22.7 Å². The summed E-state index contributed by atoms with van der Waals surface area (Å²) in [4.78, 5) is 5.18. The lowest BCUT2D eigenvalue weighted by Crippen LogP contribution is -2.60. The van der Waals surface area contributed by atoms with Crippen molar-refractivity contribution in [3.05, 3.63) is 174 Å². The molecule has 0 unspecified atom stereocenters. The second kappa shape index (κ2) is 14.9. The van der Waals surface area contributed by atoms with Crippen molar-refractivity contribution in [1.29, 1.82) is 0 Å². The molecule has 0 saturated heterocycles. The molecular weight excluding hydrogens is 868 g/mol. The lowest BCUT2D eigenvalue weighted by Gasteiger charge is -2.42. The van der Waals surface area contributed by atoms with Gasteiger partial charge in [-0.25, -0.2) is 0 Å². The third-order valence-corrected chi connectivity index (χ3v) is 16.7. The molecule has 4 nitrogen and oxygen atoms in total. The van der Waals surface area contributed by atoms with Crippen LogP contribution in [0.25, 0.3) is 64.8 Å². The number of hydrogen-bond acceptors (Lipinski definition) is 6. The fourth-order valence-electron chi connectivity index (χ4n) is 10.7. The second-order valence-electron chi connectivity index (χ2n) is 21.2. The van der Waals surface area contributed by atoms with Gasteiger partial charge in [0.25, 0.3) is 6.71 Å². The summed E-state index contributed by atoms with van der Waals surface area (Å²) in [6.07, 6.45) is 0. The molecule has 0 bridgehead atoms. The molecule has 6 heterocycles. The van der Waals surface area contributed by atoms with Crippen molar-refractivity contribution in [1.82, 2.24) is 0 Å². The number of nitrogens with zero attached hydrogens (tertiary/aromatic N) is 2. The summed E-state index contributed by atoms with van der Waals surface area (Å²) in [6, 6.07) is 58.4. The maximum Gasteiger partial charge on any atom is 0.256 e. The van der Waals surface area contributed by atoms with Gasteiger partial charge in [0.05, 0.1) is 10.0 Å². The Balaban J connectivity index is 1.13. The van der Waals surface area contributed by atoms with Gasteiger partial charge in [0.2, 0.25) is 0 Å². The van der Waals surface area contributed by atoms with Crippen LogP contribution in [-0.2, 0) is 10.8 Å². The highest BCUT2D eigenvalue weighted by atomic mass is 32.1. The van der Waals surface area contributed by atoms with E-state index >= 15 is 0 Å². The van der Waals surface area contributed by atoms with Gasteiger partial charge in [0.15, 0.2) is 0 Å². The van der Waals surface area contributed by atoms with Crippen molar-refractivity contribution in [3.8, 4) is 22.6 Å². The summed E-state index contributed by atoms with van der Waals surface area (Å²) in [5.74, 6) is 2.01. The van der Waals surface area contributed by atoms with Gasteiger partial charge in [-0.3, -0.25) is 0 Å². The van der Waals surface area contributed by atoms with Crippen molar-refractivity contribution in [2.45, 2.75) is 72.1 Å². The minimum absolute atomic E-state index is 0.0242. The number of hydrogen-bond donors (Lipinski definition) is 0. The average Bonchev–Trinajstić information content (AvgIpc) is 4.13. The molecule has 13 rings (SSSR count). The maximum absolute atomic E-state index is 6.54. The van der Waals surface area contributed by atoms with Crippen molar-refractivity contribution in [2.75, 3.05) is 9.80 Å². The van der Waals surface area contributed by atoms with E-state index < -0.39 is 0 Å². The van der Waals surface area contributed by atoms with Crippen molar-refractivity contribution in [3.63, 3.8) is 0 Å². The van der Waals surface area contributed by atoms with E-state index in [4.69, 9.17) is 8.83 Å². The highest BCUT2D eigenvalue weighted by Crippen LogP contribution is 2.52. The van der Waals surface area contributed by atoms with Crippen LogP contribution in [0.15, 0.2) is 167 Å². The number of anilines is 6. The van der Waals surface area contributed by atoms with Gasteiger partial charge < -0.3 is 18.6 Å². The van der Waals surface area contributed by atoms with Gasteiger partial charge in [0, 0.05) is 54.0 Å². The monoisotopic (exact) mass is 918 g/mol. The van der Waals surface area contributed by atoms with Crippen LogP contribution in [0, 0.1) is 0 Å². The Morgan fingerprint density at radius 3 is 1.35 bits per heavy atom. The van der Waals surface area contributed by atoms with Gasteiger partial charge in [-0.1, -0.05) is 140 Å². The molecule has 4 aromatic heterocycles. The first-order valence-electron chi connectivity index (χ1n) is 23.9. The van der Waals surface area contributed by atoms with Gasteiger partial charge in [-0.05, 0) is 133 Å². The SMILES string of the molecule is CC(C)c1cc2c3c(c1)N(c1cccc(-c4cc5ccccc5o4)c1)c1sc4ccc(C(C)(C)C)cc4c1B3c1c(sc3ccc(C(C)(C)C)cc13)N2c1cccc(-c2cc3ccccc3o2)c1. The fourth-order valence-corrected chi connectivity index (χ4v) is 13.2. The Morgan fingerprint density at radius 2 is 0.926 bits per heavy atom. The summed E-state index contributed by atoms with van der Waals surface area (Å²) >= 11 is 3.85. The number of furan rings is 2. The lowest BCUT2D eigenvalue weighted by molar-refractivity contribution is 0.591.